The van der Waals surface area contributed by atoms with Gasteiger partial charge in [0.15, 0.2) is 0 Å². The summed E-state index contributed by atoms with van der Waals surface area (Å²) in [5, 5.41) is 8.49. The molecule has 0 atom stereocenters. The lowest BCUT2D eigenvalue weighted by molar-refractivity contribution is -0.869. The van der Waals surface area contributed by atoms with Crippen molar-refractivity contribution in [3.8, 4) is 6.07 Å². The van der Waals surface area contributed by atoms with Gasteiger partial charge in [-0.2, -0.15) is 10.1 Å². The van der Waals surface area contributed by atoms with Crippen molar-refractivity contribution in [3.05, 3.63) is 30.1 Å². The molecule has 4 heteroatoms. The average molecular weight is 163 g/mol. The molecule has 0 radical (unpaired) electrons. The maximum absolute atomic E-state index is 10.5. The van der Waals surface area contributed by atoms with E-state index >= 15 is 0 Å². The Labute approximate surface area is 69.6 Å². The molecule has 0 N–H and O–H groups in total. The van der Waals surface area contributed by atoms with Crippen LogP contribution >= 0.6 is 0 Å². The summed E-state index contributed by atoms with van der Waals surface area (Å²) in [6.45, 7) is 1.30. The Balaban J connectivity index is 2.88. The van der Waals surface area contributed by atoms with Crippen LogP contribution < -0.4 is 9.57 Å². The lowest BCUT2D eigenvalue weighted by atomic mass is 10.3. The second-order valence-corrected chi connectivity index (χ2v) is 2.15. The standard InChI is InChI=1S/C8H7N2O2/c1-7(11)12-10-4-2-3-8(5-9)6-10/h2-4,6H,1H3/q+1. The van der Waals surface area contributed by atoms with Crippen molar-refractivity contribution in [2.75, 3.05) is 0 Å². The largest absolute Gasteiger partial charge is 0.377 e. The van der Waals surface area contributed by atoms with E-state index in [1.165, 1.54) is 17.9 Å². The van der Waals surface area contributed by atoms with Crippen molar-refractivity contribution in [2.24, 2.45) is 0 Å². The first-order valence-corrected chi connectivity index (χ1v) is 3.32. The molecule has 0 unspecified atom stereocenters. The van der Waals surface area contributed by atoms with Crippen molar-refractivity contribution < 1.29 is 14.4 Å². The molecule has 1 aromatic heterocycles. The van der Waals surface area contributed by atoms with Gasteiger partial charge in [0.2, 0.25) is 12.4 Å². The third kappa shape index (κ3) is 2.06. The molecule has 0 aliphatic carbocycles. The monoisotopic (exact) mass is 163 g/mol. The molecule has 0 spiro atoms. The number of nitrogens with zero attached hydrogens (tertiary/aromatic N) is 2. The number of pyridine rings is 1. The molecule has 0 aliphatic rings. The molecule has 0 aliphatic heterocycles. The van der Waals surface area contributed by atoms with Crippen molar-refractivity contribution in [2.45, 2.75) is 6.92 Å². The van der Waals surface area contributed by atoms with Gasteiger partial charge in [-0.15, -0.1) is 0 Å². The molecule has 0 saturated heterocycles. The highest BCUT2D eigenvalue weighted by Gasteiger charge is 2.05. The lowest BCUT2D eigenvalue weighted by Crippen LogP contribution is -2.44. The summed E-state index contributed by atoms with van der Waals surface area (Å²) < 4.78 is 1.20. The fourth-order valence-corrected chi connectivity index (χ4v) is 0.726. The Bertz CT molecular complexity index is 341. The highest BCUT2D eigenvalue weighted by molar-refractivity contribution is 5.65. The van der Waals surface area contributed by atoms with Gasteiger partial charge >= 0.3 is 5.97 Å². The van der Waals surface area contributed by atoms with Gasteiger partial charge in [0.1, 0.15) is 11.6 Å². The lowest BCUT2D eigenvalue weighted by Gasteiger charge is -1.90. The molecule has 1 rings (SSSR count). The minimum Gasteiger partial charge on any atom is -0.245 e. The van der Waals surface area contributed by atoms with Crippen molar-refractivity contribution in [1.29, 1.82) is 5.26 Å². The molecular weight excluding hydrogens is 156 g/mol. The van der Waals surface area contributed by atoms with E-state index in [0.29, 0.717) is 5.56 Å². The Morgan fingerprint density at radius 2 is 2.50 bits per heavy atom. The van der Waals surface area contributed by atoms with E-state index in [0.717, 1.165) is 0 Å². The van der Waals surface area contributed by atoms with E-state index < -0.39 is 5.97 Å². The Kier molecular flexibility index (Phi) is 2.38. The van der Waals surface area contributed by atoms with Gasteiger partial charge in [0.25, 0.3) is 0 Å². The predicted octanol–water partition coefficient (Wildman–Crippen LogP) is -0.179. The molecular formula is C8H7N2O2+. The van der Waals surface area contributed by atoms with Gasteiger partial charge in [-0.1, -0.05) is 0 Å². The van der Waals surface area contributed by atoms with E-state index in [4.69, 9.17) is 5.26 Å². The molecule has 60 valence electrons. The first-order valence-electron chi connectivity index (χ1n) is 3.32. The Morgan fingerprint density at radius 1 is 1.75 bits per heavy atom. The van der Waals surface area contributed by atoms with Crippen LogP contribution in [0.1, 0.15) is 12.5 Å². The van der Waals surface area contributed by atoms with Crippen LogP contribution in [0.15, 0.2) is 24.5 Å². The Morgan fingerprint density at radius 3 is 3.08 bits per heavy atom. The quantitative estimate of drug-likeness (QED) is 0.540. The van der Waals surface area contributed by atoms with E-state index in [1.807, 2.05) is 6.07 Å². The first kappa shape index (κ1) is 8.21. The molecule has 4 nitrogen and oxygen atoms in total. The number of rotatable bonds is 1. The second-order valence-electron chi connectivity index (χ2n) is 2.15. The average Bonchev–Trinajstić information content (AvgIpc) is 2.03. The summed E-state index contributed by atoms with van der Waals surface area (Å²) in [6, 6.07) is 5.18. The molecule has 1 aromatic rings. The third-order valence-corrected chi connectivity index (χ3v) is 1.14. The molecule has 0 bridgehead atoms. The van der Waals surface area contributed by atoms with E-state index in [1.54, 1.807) is 18.3 Å². The van der Waals surface area contributed by atoms with Gasteiger partial charge < -0.3 is 0 Å². The number of nitriles is 1. The van der Waals surface area contributed by atoms with Crippen LogP contribution in [0.2, 0.25) is 0 Å². The van der Waals surface area contributed by atoms with Gasteiger partial charge in [0, 0.05) is 17.7 Å². The number of hydrogen-bond donors (Lipinski definition) is 0. The number of carbonyl (C=O) groups is 1. The molecule has 0 fully saturated rings. The summed E-state index contributed by atoms with van der Waals surface area (Å²) >= 11 is 0. The van der Waals surface area contributed by atoms with Crippen LogP contribution in [0.5, 0.6) is 0 Å². The fourth-order valence-electron chi connectivity index (χ4n) is 0.726. The highest BCUT2D eigenvalue weighted by atomic mass is 16.7. The molecule has 12 heavy (non-hydrogen) atoms. The summed E-state index contributed by atoms with van der Waals surface area (Å²) in [6.07, 6.45) is 2.98. The fraction of sp³-hybridized carbons (Fsp3) is 0.125. The highest BCUT2D eigenvalue weighted by Crippen LogP contribution is 1.88. The summed E-state index contributed by atoms with van der Waals surface area (Å²) in [7, 11) is 0. The Hall–Kier alpha value is -1.89. The minimum absolute atomic E-state index is 0.421. The molecule has 0 amide bonds. The van der Waals surface area contributed by atoms with Gasteiger partial charge in [-0.3, -0.25) is 0 Å². The summed E-state index contributed by atoms with van der Waals surface area (Å²) in [4.78, 5) is 15.2. The van der Waals surface area contributed by atoms with Crippen LogP contribution in [-0.4, -0.2) is 5.97 Å². The molecule has 0 saturated carbocycles. The van der Waals surface area contributed by atoms with Crippen molar-refractivity contribution >= 4 is 5.97 Å². The maximum Gasteiger partial charge on any atom is 0.377 e. The smallest absolute Gasteiger partial charge is 0.245 e. The number of aromatic nitrogens is 1. The minimum atomic E-state index is -0.421. The topological polar surface area (TPSA) is 54.0 Å². The van der Waals surface area contributed by atoms with Crippen LogP contribution in [0.4, 0.5) is 0 Å². The summed E-state index contributed by atoms with van der Waals surface area (Å²) in [5.74, 6) is -0.421. The maximum atomic E-state index is 10.5. The molecule has 0 aromatic carbocycles. The summed E-state index contributed by atoms with van der Waals surface area (Å²) in [5.41, 5.74) is 0.443. The van der Waals surface area contributed by atoms with Crippen LogP contribution in [0.25, 0.3) is 0 Å². The zero-order valence-electron chi connectivity index (χ0n) is 6.52. The van der Waals surface area contributed by atoms with Crippen LogP contribution in [0, 0.1) is 11.3 Å². The predicted molar refractivity (Wildman–Crippen MR) is 38.6 cm³/mol. The van der Waals surface area contributed by atoms with Crippen LogP contribution in [-0.2, 0) is 4.79 Å². The van der Waals surface area contributed by atoms with Gasteiger partial charge in [0.05, 0.1) is 0 Å². The zero-order valence-corrected chi connectivity index (χ0v) is 6.52. The zero-order chi connectivity index (χ0) is 8.97. The normalized spacial score (nSPS) is 8.67. The number of hydrogen-bond acceptors (Lipinski definition) is 3. The first-order chi connectivity index (χ1) is 5.72. The third-order valence-electron chi connectivity index (χ3n) is 1.14. The number of carbonyl (C=O) groups excluding carboxylic acids is 1. The second kappa shape index (κ2) is 3.49. The van der Waals surface area contributed by atoms with Crippen molar-refractivity contribution in [3.63, 3.8) is 0 Å². The van der Waals surface area contributed by atoms with E-state index in [-0.39, 0.29) is 0 Å². The van der Waals surface area contributed by atoms with Gasteiger partial charge in [-0.05, 0) is 6.07 Å². The molecule has 1 heterocycles. The van der Waals surface area contributed by atoms with Crippen LogP contribution in [0.3, 0.4) is 0 Å². The van der Waals surface area contributed by atoms with Gasteiger partial charge in [-0.25, -0.2) is 4.79 Å². The van der Waals surface area contributed by atoms with Crippen molar-refractivity contribution in [1.82, 2.24) is 0 Å². The van der Waals surface area contributed by atoms with E-state index in [2.05, 4.69) is 4.84 Å². The SMILES string of the molecule is CC(=O)O[n+]1cccc(C#N)c1. The van der Waals surface area contributed by atoms with E-state index in [9.17, 15) is 4.79 Å².